The van der Waals surface area contributed by atoms with E-state index in [1.165, 1.54) is 12.1 Å². The van der Waals surface area contributed by atoms with Crippen LogP contribution in [0.5, 0.6) is 0 Å². The van der Waals surface area contributed by atoms with Gasteiger partial charge in [-0.2, -0.15) is 0 Å². The highest BCUT2D eigenvalue weighted by molar-refractivity contribution is 5.99. The molecular formula is C19H20FN5O. The zero-order valence-electron chi connectivity index (χ0n) is 14.6. The topological polar surface area (TPSA) is 71.8 Å². The van der Waals surface area contributed by atoms with Crippen molar-refractivity contribution >= 4 is 17.4 Å². The van der Waals surface area contributed by atoms with Crippen molar-refractivity contribution in [1.29, 1.82) is 0 Å². The molecule has 0 radical (unpaired) electrons. The first kappa shape index (κ1) is 17.6. The van der Waals surface area contributed by atoms with E-state index in [0.29, 0.717) is 11.6 Å². The van der Waals surface area contributed by atoms with Crippen molar-refractivity contribution in [2.24, 2.45) is 5.92 Å². The van der Waals surface area contributed by atoms with Gasteiger partial charge in [0, 0.05) is 5.69 Å². The molecule has 134 valence electrons. The number of carbonyl (C=O) groups excluding carboxylic acids is 1. The fraction of sp³-hybridized carbons (Fsp3) is 0.211. The molecule has 2 N–H and O–H groups in total. The number of halogens is 1. The minimum atomic E-state index is -0.511. The van der Waals surface area contributed by atoms with Crippen molar-refractivity contribution in [2.75, 3.05) is 10.6 Å². The molecule has 26 heavy (non-hydrogen) atoms. The standard InChI is InChI=1S/C19H20FN5O/c1-13(2)11-15-12-25(24-23-15)16-9-7-14(8-10-16)21-19(26)22-18-6-4-3-5-17(18)20/h3-10,12-13H,11H2,1-2H3,(H2,21,22,26). The van der Waals surface area contributed by atoms with Gasteiger partial charge in [0.1, 0.15) is 5.82 Å². The number of hydrogen-bond acceptors (Lipinski definition) is 3. The van der Waals surface area contributed by atoms with Gasteiger partial charge in [-0.1, -0.05) is 31.2 Å². The minimum absolute atomic E-state index is 0.127. The molecule has 3 aromatic rings. The zero-order valence-corrected chi connectivity index (χ0v) is 14.6. The second-order valence-corrected chi connectivity index (χ2v) is 6.36. The zero-order chi connectivity index (χ0) is 18.5. The molecule has 0 aliphatic carbocycles. The molecule has 6 nitrogen and oxygen atoms in total. The Bertz CT molecular complexity index is 889. The SMILES string of the molecule is CC(C)Cc1cn(-c2ccc(NC(=O)Nc3ccccc3F)cc2)nn1. The summed E-state index contributed by atoms with van der Waals surface area (Å²) in [4.78, 5) is 12.0. The van der Waals surface area contributed by atoms with E-state index in [9.17, 15) is 9.18 Å². The molecule has 0 spiro atoms. The summed E-state index contributed by atoms with van der Waals surface area (Å²) in [7, 11) is 0. The van der Waals surface area contributed by atoms with Gasteiger partial charge in [0.2, 0.25) is 0 Å². The number of nitrogens with one attached hydrogen (secondary N) is 2. The van der Waals surface area contributed by atoms with Crippen molar-refractivity contribution in [3.05, 3.63) is 66.2 Å². The predicted octanol–water partition coefficient (Wildman–Crippen LogP) is 4.25. The van der Waals surface area contributed by atoms with Crippen LogP contribution >= 0.6 is 0 Å². The highest BCUT2D eigenvalue weighted by Gasteiger charge is 2.08. The average molecular weight is 353 g/mol. The molecule has 2 amide bonds. The van der Waals surface area contributed by atoms with Gasteiger partial charge in [-0.25, -0.2) is 13.9 Å². The Kier molecular flexibility index (Phi) is 5.26. The fourth-order valence-corrected chi connectivity index (χ4v) is 2.48. The molecule has 2 aromatic carbocycles. The van der Waals surface area contributed by atoms with Gasteiger partial charge in [-0.3, -0.25) is 0 Å². The molecule has 3 rings (SSSR count). The number of rotatable bonds is 5. The number of nitrogens with zero attached hydrogens (tertiary/aromatic N) is 3. The number of aromatic nitrogens is 3. The summed E-state index contributed by atoms with van der Waals surface area (Å²) >= 11 is 0. The van der Waals surface area contributed by atoms with Crippen molar-refractivity contribution in [2.45, 2.75) is 20.3 Å². The van der Waals surface area contributed by atoms with E-state index in [0.717, 1.165) is 17.8 Å². The molecule has 0 atom stereocenters. The fourth-order valence-electron chi connectivity index (χ4n) is 2.48. The van der Waals surface area contributed by atoms with Crippen LogP contribution in [0, 0.1) is 11.7 Å². The van der Waals surface area contributed by atoms with Crippen LogP contribution in [0.3, 0.4) is 0 Å². The molecule has 1 aromatic heterocycles. The van der Waals surface area contributed by atoms with Gasteiger partial charge in [0.05, 0.1) is 23.3 Å². The van der Waals surface area contributed by atoms with Crippen molar-refractivity contribution in [3.8, 4) is 5.69 Å². The van der Waals surface area contributed by atoms with Gasteiger partial charge >= 0.3 is 6.03 Å². The van der Waals surface area contributed by atoms with E-state index in [1.54, 1.807) is 28.9 Å². The third-order valence-electron chi connectivity index (χ3n) is 3.67. The van der Waals surface area contributed by atoms with Crippen LogP contribution in [0.15, 0.2) is 54.7 Å². The number of carbonyl (C=O) groups is 1. The third kappa shape index (κ3) is 4.44. The van der Waals surface area contributed by atoms with E-state index in [-0.39, 0.29) is 5.69 Å². The summed E-state index contributed by atoms with van der Waals surface area (Å²) in [6.07, 6.45) is 2.77. The first-order chi connectivity index (χ1) is 12.5. The first-order valence-corrected chi connectivity index (χ1v) is 8.35. The maximum Gasteiger partial charge on any atom is 0.323 e. The van der Waals surface area contributed by atoms with E-state index in [4.69, 9.17) is 0 Å². The molecular weight excluding hydrogens is 333 g/mol. The summed E-state index contributed by atoms with van der Waals surface area (Å²) in [6.45, 7) is 4.26. The normalized spacial score (nSPS) is 10.8. The quantitative estimate of drug-likeness (QED) is 0.720. The Morgan fingerprint density at radius 2 is 1.85 bits per heavy atom. The second-order valence-electron chi connectivity index (χ2n) is 6.36. The van der Waals surface area contributed by atoms with Crippen LogP contribution in [-0.2, 0) is 6.42 Å². The number of para-hydroxylation sites is 1. The lowest BCUT2D eigenvalue weighted by Gasteiger charge is -2.09. The lowest BCUT2D eigenvalue weighted by molar-refractivity contribution is 0.262. The number of amides is 2. The first-order valence-electron chi connectivity index (χ1n) is 8.35. The molecule has 0 aliphatic heterocycles. The van der Waals surface area contributed by atoms with Gasteiger partial charge in [-0.15, -0.1) is 5.10 Å². The van der Waals surface area contributed by atoms with Crippen LogP contribution in [0.2, 0.25) is 0 Å². The maximum atomic E-state index is 13.6. The summed E-state index contributed by atoms with van der Waals surface area (Å²) in [5, 5.41) is 13.4. The summed E-state index contributed by atoms with van der Waals surface area (Å²) in [5.41, 5.74) is 2.49. The largest absolute Gasteiger partial charge is 0.323 e. The Balaban J connectivity index is 1.63. The van der Waals surface area contributed by atoms with E-state index in [1.807, 2.05) is 18.3 Å². The average Bonchev–Trinajstić information content (AvgIpc) is 3.05. The Hall–Kier alpha value is -3.22. The Labute approximate surface area is 151 Å². The molecule has 1 heterocycles. The van der Waals surface area contributed by atoms with Crippen molar-refractivity contribution in [1.82, 2.24) is 15.0 Å². The molecule has 7 heteroatoms. The van der Waals surface area contributed by atoms with Crippen LogP contribution in [-0.4, -0.2) is 21.0 Å². The highest BCUT2D eigenvalue weighted by atomic mass is 19.1. The van der Waals surface area contributed by atoms with Crippen LogP contribution < -0.4 is 10.6 Å². The van der Waals surface area contributed by atoms with Gasteiger partial charge in [0.25, 0.3) is 0 Å². The number of benzene rings is 2. The lowest BCUT2D eigenvalue weighted by atomic mass is 10.1. The minimum Gasteiger partial charge on any atom is -0.308 e. The molecule has 0 saturated carbocycles. The van der Waals surface area contributed by atoms with Crippen LogP contribution in [0.1, 0.15) is 19.5 Å². The van der Waals surface area contributed by atoms with Crippen molar-refractivity contribution in [3.63, 3.8) is 0 Å². The third-order valence-corrected chi connectivity index (χ3v) is 3.67. The number of anilines is 2. The number of hydrogen-bond donors (Lipinski definition) is 2. The highest BCUT2D eigenvalue weighted by Crippen LogP contribution is 2.16. The molecule has 0 aliphatic rings. The summed E-state index contributed by atoms with van der Waals surface area (Å²) in [6, 6.07) is 12.6. The van der Waals surface area contributed by atoms with Gasteiger partial charge in [0.15, 0.2) is 0 Å². The summed E-state index contributed by atoms with van der Waals surface area (Å²) < 4.78 is 15.2. The van der Waals surface area contributed by atoms with Gasteiger partial charge < -0.3 is 10.6 Å². The Morgan fingerprint density at radius 1 is 1.12 bits per heavy atom. The smallest absolute Gasteiger partial charge is 0.308 e. The van der Waals surface area contributed by atoms with E-state index >= 15 is 0 Å². The predicted molar refractivity (Wildman–Crippen MR) is 98.9 cm³/mol. The Morgan fingerprint density at radius 3 is 2.54 bits per heavy atom. The number of urea groups is 1. The van der Waals surface area contributed by atoms with Crippen molar-refractivity contribution < 1.29 is 9.18 Å². The van der Waals surface area contributed by atoms with Crippen LogP contribution in [0.4, 0.5) is 20.6 Å². The van der Waals surface area contributed by atoms with Crippen LogP contribution in [0.25, 0.3) is 5.69 Å². The second kappa shape index (κ2) is 7.77. The van der Waals surface area contributed by atoms with E-state index < -0.39 is 11.8 Å². The molecule has 0 saturated heterocycles. The molecule has 0 unspecified atom stereocenters. The molecule has 0 bridgehead atoms. The monoisotopic (exact) mass is 353 g/mol. The maximum absolute atomic E-state index is 13.6. The van der Waals surface area contributed by atoms with E-state index in [2.05, 4.69) is 34.8 Å². The van der Waals surface area contributed by atoms with Gasteiger partial charge in [-0.05, 0) is 48.7 Å². The molecule has 0 fully saturated rings. The summed E-state index contributed by atoms with van der Waals surface area (Å²) in [5.74, 6) is 0.0288. The lowest BCUT2D eigenvalue weighted by Crippen LogP contribution is -2.20.